The van der Waals surface area contributed by atoms with Crippen molar-refractivity contribution in [3.05, 3.63) is 52.5 Å². The molecule has 92 valence electrons. The molecule has 0 radical (unpaired) electrons. The number of para-hydroxylation sites is 1. The molecule has 2 rings (SSSR count). The second kappa shape index (κ2) is 5.10. The van der Waals surface area contributed by atoms with Gasteiger partial charge in [0, 0.05) is 15.8 Å². The lowest BCUT2D eigenvalue weighted by molar-refractivity contribution is 0.102. The van der Waals surface area contributed by atoms with Gasteiger partial charge < -0.3 is 16.2 Å². The van der Waals surface area contributed by atoms with Crippen molar-refractivity contribution in [3.8, 4) is 5.75 Å². The van der Waals surface area contributed by atoms with Crippen LogP contribution in [-0.4, -0.2) is 11.0 Å². The van der Waals surface area contributed by atoms with Crippen LogP contribution in [0.1, 0.15) is 10.4 Å². The lowest BCUT2D eigenvalue weighted by Crippen LogP contribution is -2.12. The quantitative estimate of drug-likeness (QED) is 0.747. The molecule has 4 N–H and O–H groups in total. The Balaban J connectivity index is 2.22. The second-order valence-corrected chi connectivity index (χ2v) is 4.56. The number of aromatic hydroxyl groups is 1. The van der Waals surface area contributed by atoms with Gasteiger partial charge in [-0.3, -0.25) is 4.79 Å². The summed E-state index contributed by atoms with van der Waals surface area (Å²) in [7, 11) is 0. The zero-order valence-corrected chi connectivity index (χ0v) is 10.9. The first-order chi connectivity index (χ1) is 8.58. The minimum Gasteiger partial charge on any atom is -0.507 e. The summed E-state index contributed by atoms with van der Waals surface area (Å²) >= 11 is 3.28. The Kier molecular flexibility index (Phi) is 3.53. The van der Waals surface area contributed by atoms with E-state index < -0.39 is 0 Å². The molecule has 1 amide bonds. The number of nitrogens with two attached hydrogens (primary N) is 1. The van der Waals surface area contributed by atoms with E-state index >= 15 is 0 Å². The number of phenols is 1. The average Bonchev–Trinajstić information content (AvgIpc) is 2.34. The highest BCUT2D eigenvalue weighted by Gasteiger charge is 2.10. The maximum Gasteiger partial charge on any atom is 0.259 e. The first kappa shape index (κ1) is 12.4. The third-order valence-corrected chi connectivity index (χ3v) is 3.09. The number of anilines is 2. The summed E-state index contributed by atoms with van der Waals surface area (Å²) in [6.07, 6.45) is 0. The van der Waals surface area contributed by atoms with Crippen LogP contribution in [0.25, 0.3) is 0 Å². The Morgan fingerprint density at radius 1 is 1.22 bits per heavy atom. The Morgan fingerprint density at radius 2 is 1.94 bits per heavy atom. The molecule has 2 aromatic rings. The summed E-state index contributed by atoms with van der Waals surface area (Å²) in [4.78, 5) is 11.9. The molecule has 5 heteroatoms. The number of nitrogen functional groups attached to an aromatic ring is 1. The molecule has 0 heterocycles. The molecule has 0 unspecified atom stereocenters. The van der Waals surface area contributed by atoms with Crippen LogP contribution in [-0.2, 0) is 0 Å². The molecule has 4 nitrogen and oxygen atoms in total. The van der Waals surface area contributed by atoms with Gasteiger partial charge in [0.05, 0.1) is 5.56 Å². The molecule has 0 aliphatic carbocycles. The maximum atomic E-state index is 11.9. The average molecular weight is 307 g/mol. The minimum atomic E-state index is -0.371. The summed E-state index contributed by atoms with van der Waals surface area (Å²) in [5.74, 6) is -0.422. The molecule has 0 saturated carbocycles. The van der Waals surface area contributed by atoms with Crippen molar-refractivity contribution < 1.29 is 9.90 Å². The van der Waals surface area contributed by atoms with Gasteiger partial charge in [0.15, 0.2) is 0 Å². The van der Waals surface area contributed by atoms with Crippen LogP contribution in [0.2, 0.25) is 0 Å². The van der Waals surface area contributed by atoms with Gasteiger partial charge in [0.25, 0.3) is 5.91 Å². The molecule has 18 heavy (non-hydrogen) atoms. The van der Waals surface area contributed by atoms with Gasteiger partial charge in [-0.15, -0.1) is 0 Å². The molecule has 0 bridgehead atoms. The fourth-order valence-electron chi connectivity index (χ4n) is 1.47. The number of halogens is 1. The number of phenolic OH excluding ortho intramolecular Hbond substituents is 1. The van der Waals surface area contributed by atoms with E-state index in [0.29, 0.717) is 15.8 Å². The van der Waals surface area contributed by atoms with Crippen molar-refractivity contribution in [3.63, 3.8) is 0 Å². The Hall–Kier alpha value is -2.01. The largest absolute Gasteiger partial charge is 0.507 e. The second-order valence-electron chi connectivity index (χ2n) is 3.71. The predicted octanol–water partition coefficient (Wildman–Crippen LogP) is 2.99. The molecule has 0 fully saturated rings. The summed E-state index contributed by atoms with van der Waals surface area (Å²) in [5, 5.41) is 12.3. The van der Waals surface area contributed by atoms with E-state index in [4.69, 9.17) is 5.73 Å². The standard InChI is InChI=1S/C13H11BrN2O2/c14-10-7-8(5-6-11(10)15)16-13(18)9-3-1-2-4-12(9)17/h1-7,17H,15H2,(H,16,18). The van der Waals surface area contributed by atoms with Crippen LogP contribution < -0.4 is 11.1 Å². The van der Waals surface area contributed by atoms with Crippen LogP contribution in [0.4, 0.5) is 11.4 Å². The van der Waals surface area contributed by atoms with Crippen molar-refractivity contribution in [2.24, 2.45) is 0 Å². The van der Waals surface area contributed by atoms with Crippen molar-refractivity contribution in [1.82, 2.24) is 0 Å². The summed E-state index contributed by atoms with van der Waals surface area (Å²) in [6, 6.07) is 11.4. The van der Waals surface area contributed by atoms with Crippen molar-refractivity contribution >= 4 is 33.2 Å². The van der Waals surface area contributed by atoms with E-state index in [1.165, 1.54) is 6.07 Å². The SMILES string of the molecule is Nc1ccc(NC(=O)c2ccccc2O)cc1Br. The highest BCUT2D eigenvalue weighted by Crippen LogP contribution is 2.24. The molecule has 0 saturated heterocycles. The number of nitrogens with one attached hydrogen (secondary N) is 1. The maximum absolute atomic E-state index is 11.9. The first-order valence-corrected chi connectivity index (χ1v) is 6.01. The first-order valence-electron chi connectivity index (χ1n) is 5.22. The zero-order valence-electron chi connectivity index (χ0n) is 9.35. The van der Waals surface area contributed by atoms with E-state index in [0.717, 1.165) is 0 Å². The molecule has 0 aliphatic heterocycles. The molecule has 0 atom stereocenters. The number of hydrogen-bond donors (Lipinski definition) is 3. The highest BCUT2D eigenvalue weighted by molar-refractivity contribution is 9.10. The van der Waals surface area contributed by atoms with E-state index in [1.54, 1.807) is 36.4 Å². The third kappa shape index (κ3) is 2.62. The van der Waals surface area contributed by atoms with Gasteiger partial charge in [-0.05, 0) is 46.3 Å². The number of hydrogen-bond acceptors (Lipinski definition) is 3. The fourth-order valence-corrected chi connectivity index (χ4v) is 1.85. The molecular weight excluding hydrogens is 296 g/mol. The number of carbonyl (C=O) groups is 1. The van der Waals surface area contributed by atoms with Crippen molar-refractivity contribution in [2.75, 3.05) is 11.1 Å². The fraction of sp³-hybridized carbons (Fsp3) is 0. The van der Waals surface area contributed by atoms with E-state index in [-0.39, 0.29) is 17.2 Å². The number of amides is 1. The lowest BCUT2D eigenvalue weighted by Gasteiger charge is -2.08. The molecular formula is C13H11BrN2O2. The zero-order chi connectivity index (χ0) is 13.1. The molecule has 0 aliphatic rings. The summed E-state index contributed by atoms with van der Waals surface area (Å²) in [6.45, 7) is 0. The van der Waals surface area contributed by atoms with Gasteiger partial charge in [-0.1, -0.05) is 12.1 Å². The number of rotatable bonds is 2. The van der Waals surface area contributed by atoms with Gasteiger partial charge in [-0.25, -0.2) is 0 Å². The topological polar surface area (TPSA) is 75.3 Å². The van der Waals surface area contributed by atoms with Gasteiger partial charge in [0.2, 0.25) is 0 Å². The number of carbonyl (C=O) groups excluding carboxylic acids is 1. The van der Waals surface area contributed by atoms with Crippen LogP contribution in [0.3, 0.4) is 0 Å². The van der Waals surface area contributed by atoms with E-state index in [1.807, 2.05) is 0 Å². The Labute approximate surface area is 113 Å². The van der Waals surface area contributed by atoms with Gasteiger partial charge >= 0.3 is 0 Å². The van der Waals surface area contributed by atoms with E-state index in [9.17, 15) is 9.90 Å². The van der Waals surface area contributed by atoms with Crippen LogP contribution in [0.15, 0.2) is 46.9 Å². The Morgan fingerprint density at radius 3 is 2.61 bits per heavy atom. The minimum absolute atomic E-state index is 0.0514. The van der Waals surface area contributed by atoms with Gasteiger partial charge in [0.1, 0.15) is 5.75 Å². The van der Waals surface area contributed by atoms with Crippen LogP contribution in [0.5, 0.6) is 5.75 Å². The molecule has 0 spiro atoms. The van der Waals surface area contributed by atoms with Gasteiger partial charge in [-0.2, -0.15) is 0 Å². The molecule has 0 aromatic heterocycles. The Bertz CT molecular complexity index is 599. The summed E-state index contributed by atoms with van der Waals surface area (Å²) in [5.41, 5.74) is 7.08. The smallest absolute Gasteiger partial charge is 0.259 e. The predicted molar refractivity (Wildman–Crippen MR) is 74.6 cm³/mol. The number of benzene rings is 2. The monoisotopic (exact) mass is 306 g/mol. The molecule has 2 aromatic carbocycles. The normalized spacial score (nSPS) is 10.1. The third-order valence-electron chi connectivity index (χ3n) is 2.41. The van der Waals surface area contributed by atoms with Crippen molar-refractivity contribution in [1.29, 1.82) is 0 Å². The summed E-state index contributed by atoms with van der Waals surface area (Å²) < 4.78 is 0.706. The van der Waals surface area contributed by atoms with Crippen molar-refractivity contribution in [2.45, 2.75) is 0 Å². The van der Waals surface area contributed by atoms with E-state index in [2.05, 4.69) is 21.2 Å². The van der Waals surface area contributed by atoms with Crippen LogP contribution >= 0.6 is 15.9 Å². The highest BCUT2D eigenvalue weighted by atomic mass is 79.9. The van der Waals surface area contributed by atoms with Crippen LogP contribution in [0, 0.1) is 0 Å². The lowest BCUT2D eigenvalue weighted by atomic mass is 10.2.